The van der Waals surface area contributed by atoms with Crippen molar-refractivity contribution in [3.05, 3.63) is 96.1 Å². The number of rotatable bonds is 11. The standard InChI is InChI=1S/C27H31NO3/c1-22(2)17-18-30-25-13-15-26(16-14-25)31-21-27(29)28(19-23-9-5-3-6-10-23)20-24-11-7-4-8-12-24/h3-16,22H,17-21H2,1-2H3. The lowest BCUT2D eigenvalue weighted by Gasteiger charge is -2.23. The summed E-state index contributed by atoms with van der Waals surface area (Å²) in [5.74, 6) is 2.03. The lowest BCUT2D eigenvalue weighted by molar-refractivity contribution is -0.134. The highest BCUT2D eigenvalue weighted by Crippen LogP contribution is 2.19. The third kappa shape index (κ3) is 7.82. The molecule has 0 heterocycles. The van der Waals surface area contributed by atoms with Crippen LogP contribution < -0.4 is 9.47 Å². The molecule has 3 rings (SSSR count). The minimum absolute atomic E-state index is 0.00673. The molecule has 0 atom stereocenters. The smallest absolute Gasteiger partial charge is 0.261 e. The maximum atomic E-state index is 13.0. The van der Waals surface area contributed by atoms with Crippen molar-refractivity contribution in [3.8, 4) is 11.5 Å². The van der Waals surface area contributed by atoms with Crippen LogP contribution in [0.25, 0.3) is 0 Å². The van der Waals surface area contributed by atoms with Gasteiger partial charge in [0.25, 0.3) is 5.91 Å². The second-order valence-electron chi connectivity index (χ2n) is 8.01. The molecule has 31 heavy (non-hydrogen) atoms. The molecule has 3 aromatic rings. The molecule has 0 bridgehead atoms. The summed E-state index contributed by atoms with van der Waals surface area (Å²) in [6.07, 6.45) is 1.02. The monoisotopic (exact) mass is 417 g/mol. The van der Waals surface area contributed by atoms with Gasteiger partial charge in [-0.15, -0.1) is 0 Å². The molecule has 0 fully saturated rings. The molecule has 1 amide bonds. The molecule has 0 saturated carbocycles. The first kappa shape index (κ1) is 22.4. The Labute approximate surface area is 185 Å². The van der Waals surface area contributed by atoms with Gasteiger partial charge in [0.05, 0.1) is 6.61 Å². The van der Waals surface area contributed by atoms with Crippen molar-refractivity contribution in [1.82, 2.24) is 4.90 Å². The lowest BCUT2D eigenvalue weighted by Crippen LogP contribution is -2.34. The average Bonchev–Trinajstić information content (AvgIpc) is 2.79. The number of carbonyl (C=O) groups excluding carboxylic acids is 1. The van der Waals surface area contributed by atoms with E-state index in [0.29, 0.717) is 31.4 Å². The van der Waals surface area contributed by atoms with Crippen LogP contribution in [0.3, 0.4) is 0 Å². The molecule has 4 heteroatoms. The van der Waals surface area contributed by atoms with Gasteiger partial charge in [0, 0.05) is 13.1 Å². The number of nitrogens with zero attached hydrogens (tertiary/aromatic N) is 1. The van der Waals surface area contributed by atoms with Gasteiger partial charge in [0.2, 0.25) is 0 Å². The van der Waals surface area contributed by atoms with E-state index in [2.05, 4.69) is 13.8 Å². The molecule has 162 valence electrons. The van der Waals surface area contributed by atoms with E-state index in [0.717, 1.165) is 23.3 Å². The Morgan fingerprint density at radius 3 is 1.71 bits per heavy atom. The lowest BCUT2D eigenvalue weighted by atomic mass is 10.1. The van der Waals surface area contributed by atoms with Crippen LogP contribution in [0.4, 0.5) is 0 Å². The molecule has 0 aliphatic carbocycles. The van der Waals surface area contributed by atoms with Gasteiger partial charge in [0.15, 0.2) is 6.61 Å². The van der Waals surface area contributed by atoms with Gasteiger partial charge in [-0.3, -0.25) is 4.79 Å². The predicted molar refractivity (Wildman–Crippen MR) is 124 cm³/mol. The molecular formula is C27H31NO3. The Morgan fingerprint density at radius 2 is 1.23 bits per heavy atom. The Balaban J connectivity index is 1.57. The van der Waals surface area contributed by atoms with Crippen LogP contribution in [0.15, 0.2) is 84.9 Å². The van der Waals surface area contributed by atoms with E-state index in [4.69, 9.17) is 9.47 Å². The van der Waals surface area contributed by atoms with E-state index in [1.807, 2.05) is 89.8 Å². The Hall–Kier alpha value is -3.27. The summed E-state index contributed by atoms with van der Waals surface area (Å²) in [6, 6.07) is 27.5. The maximum Gasteiger partial charge on any atom is 0.261 e. The second kappa shape index (κ2) is 11.8. The van der Waals surface area contributed by atoms with Crippen LogP contribution >= 0.6 is 0 Å². The van der Waals surface area contributed by atoms with Crippen LogP contribution in [0, 0.1) is 5.92 Å². The van der Waals surface area contributed by atoms with E-state index < -0.39 is 0 Å². The largest absolute Gasteiger partial charge is 0.494 e. The summed E-state index contributed by atoms with van der Waals surface area (Å²) < 4.78 is 11.5. The van der Waals surface area contributed by atoms with E-state index >= 15 is 0 Å². The molecule has 0 N–H and O–H groups in total. The topological polar surface area (TPSA) is 38.8 Å². The molecule has 0 aliphatic heterocycles. The number of ether oxygens (including phenoxy) is 2. The summed E-state index contributed by atoms with van der Waals surface area (Å²) in [5.41, 5.74) is 2.18. The highest BCUT2D eigenvalue weighted by molar-refractivity contribution is 5.77. The third-order valence-corrected chi connectivity index (χ3v) is 4.94. The van der Waals surface area contributed by atoms with E-state index in [-0.39, 0.29) is 12.5 Å². The summed E-state index contributed by atoms with van der Waals surface area (Å²) in [6.45, 7) is 6.13. The first-order chi connectivity index (χ1) is 15.1. The zero-order chi connectivity index (χ0) is 21.9. The first-order valence-electron chi connectivity index (χ1n) is 10.8. The molecular weight excluding hydrogens is 386 g/mol. The Kier molecular flexibility index (Phi) is 8.53. The molecule has 4 nitrogen and oxygen atoms in total. The van der Waals surface area contributed by atoms with Gasteiger partial charge in [-0.05, 0) is 47.7 Å². The minimum Gasteiger partial charge on any atom is -0.494 e. The van der Waals surface area contributed by atoms with Crippen molar-refractivity contribution in [1.29, 1.82) is 0 Å². The summed E-state index contributed by atoms with van der Waals surface area (Å²) in [7, 11) is 0. The summed E-state index contributed by atoms with van der Waals surface area (Å²) in [5, 5.41) is 0. The molecule has 0 spiro atoms. The fourth-order valence-electron chi connectivity index (χ4n) is 3.12. The van der Waals surface area contributed by atoms with E-state index in [1.54, 1.807) is 0 Å². The van der Waals surface area contributed by atoms with Crippen molar-refractivity contribution in [2.45, 2.75) is 33.4 Å². The number of carbonyl (C=O) groups is 1. The molecule has 0 radical (unpaired) electrons. The van der Waals surface area contributed by atoms with Crippen LogP contribution in [-0.2, 0) is 17.9 Å². The van der Waals surface area contributed by atoms with Gasteiger partial charge in [-0.25, -0.2) is 0 Å². The van der Waals surface area contributed by atoms with Crippen LogP contribution in [0.1, 0.15) is 31.4 Å². The highest BCUT2D eigenvalue weighted by Gasteiger charge is 2.15. The Morgan fingerprint density at radius 1 is 0.742 bits per heavy atom. The van der Waals surface area contributed by atoms with E-state index in [1.165, 1.54) is 0 Å². The summed E-state index contributed by atoms with van der Waals surface area (Å²) in [4.78, 5) is 14.8. The van der Waals surface area contributed by atoms with Crippen molar-refractivity contribution in [2.75, 3.05) is 13.2 Å². The van der Waals surface area contributed by atoms with Crippen molar-refractivity contribution < 1.29 is 14.3 Å². The molecule has 0 aromatic heterocycles. The number of benzene rings is 3. The number of hydrogen-bond acceptors (Lipinski definition) is 3. The summed E-state index contributed by atoms with van der Waals surface area (Å²) >= 11 is 0. The van der Waals surface area contributed by atoms with Gasteiger partial charge in [0.1, 0.15) is 11.5 Å². The van der Waals surface area contributed by atoms with Gasteiger partial charge >= 0.3 is 0 Å². The highest BCUT2D eigenvalue weighted by atomic mass is 16.5. The molecule has 0 saturated heterocycles. The average molecular weight is 418 g/mol. The zero-order valence-electron chi connectivity index (χ0n) is 18.4. The predicted octanol–water partition coefficient (Wildman–Crippen LogP) is 5.72. The third-order valence-electron chi connectivity index (χ3n) is 4.94. The van der Waals surface area contributed by atoms with Crippen molar-refractivity contribution in [2.24, 2.45) is 5.92 Å². The maximum absolute atomic E-state index is 13.0. The fourth-order valence-corrected chi connectivity index (χ4v) is 3.12. The quantitative estimate of drug-likeness (QED) is 0.401. The normalized spacial score (nSPS) is 10.7. The van der Waals surface area contributed by atoms with Crippen molar-refractivity contribution in [3.63, 3.8) is 0 Å². The molecule has 3 aromatic carbocycles. The SMILES string of the molecule is CC(C)CCOc1ccc(OCC(=O)N(Cc2ccccc2)Cc2ccccc2)cc1. The minimum atomic E-state index is -0.0510. The first-order valence-corrected chi connectivity index (χ1v) is 10.8. The number of hydrogen-bond donors (Lipinski definition) is 0. The van der Waals surface area contributed by atoms with E-state index in [9.17, 15) is 4.79 Å². The number of amides is 1. The van der Waals surface area contributed by atoms with Crippen LogP contribution in [0.5, 0.6) is 11.5 Å². The van der Waals surface area contributed by atoms with Gasteiger partial charge < -0.3 is 14.4 Å². The van der Waals surface area contributed by atoms with Crippen LogP contribution in [-0.4, -0.2) is 24.0 Å². The van der Waals surface area contributed by atoms with Crippen molar-refractivity contribution >= 4 is 5.91 Å². The zero-order valence-corrected chi connectivity index (χ0v) is 18.4. The van der Waals surface area contributed by atoms with Crippen LogP contribution in [0.2, 0.25) is 0 Å². The Bertz CT molecular complexity index is 867. The second-order valence-corrected chi connectivity index (χ2v) is 8.01. The van der Waals surface area contributed by atoms with Gasteiger partial charge in [-0.1, -0.05) is 74.5 Å². The molecule has 0 unspecified atom stereocenters. The van der Waals surface area contributed by atoms with Gasteiger partial charge in [-0.2, -0.15) is 0 Å². The fraction of sp³-hybridized carbons (Fsp3) is 0.296. The molecule has 0 aliphatic rings.